The summed E-state index contributed by atoms with van der Waals surface area (Å²) in [4.78, 5) is 9.22. The maximum absolute atomic E-state index is 6.09. The highest BCUT2D eigenvalue weighted by Gasteiger charge is 2.11. The van der Waals surface area contributed by atoms with Crippen molar-refractivity contribution in [3.8, 4) is 11.4 Å². The fraction of sp³-hybridized carbons (Fsp3) is 0.125. The molecule has 0 aliphatic heterocycles. The van der Waals surface area contributed by atoms with E-state index >= 15 is 0 Å². The van der Waals surface area contributed by atoms with Gasteiger partial charge in [-0.3, -0.25) is 0 Å². The van der Waals surface area contributed by atoms with Crippen LogP contribution in [0.3, 0.4) is 0 Å². The highest BCUT2D eigenvalue weighted by Crippen LogP contribution is 2.29. The lowest BCUT2D eigenvalue weighted by Crippen LogP contribution is -1.99. The van der Waals surface area contributed by atoms with E-state index in [9.17, 15) is 0 Å². The van der Waals surface area contributed by atoms with Gasteiger partial charge >= 0.3 is 0 Å². The van der Waals surface area contributed by atoms with Crippen LogP contribution in [-0.4, -0.2) is 17.0 Å². The molecule has 0 saturated carbocycles. The van der Waals surface area contributed by atoms with E-state index in [1.807, 2.05) is 50.4 Å². The molecule has 3 aromatic rings. The van der Waals surface area contributed by atoms with Gasteiger partial charge in [-0.05, 0) is 42.8 Å². The van der Waals surface area contributed by atoms with Crippen LogP contribution in [0.15, 0.2) is 36.4 Å². The van der Waals surface area contributed by atoms with Gasteiger partial charge in [0.2, 0.25) is 0 Å². The molecule has 21 heavy (non-hydrogen) atoms. The second-order valence-corrected chi connectivity index (χ2v) is 5.64. The van der Waals surface area contributed by atoms with Crippen LogP contribution in [0.5, 0.6) is 0 Å². The van der Waals surface area contributed by atoms with E-state index in [1.165, 1.54) is 0 Å². The van der Waals surface area contributed by atoms with E-state index in [4.69, 9.17) is 23.2 Å². The molecule has 0 radical (unpaired) electrons. The zero-order valence-electron chi connectivity index (χ0n) is 11.6. The number of anilines is 1. The minimum Gasteiger partial charge on any atom is -0.373 e. The number of nitrogens with zero attached hydrogens (tertiary/aromatic N) is 2. The van der Waals surface area contributed by atoms with E-state index in [-0.39, 0.29) is 0 Å². The summed E-state index contributed by atoms with van der Waals surface area (Å²) in [6.45, 7) is 2.01. The molecule has 1 aromatic heterocycles. The predicted octanol–water partition coefficient (Wildman–Crippen LogP) is 4.95. The number of aromatic nitrogens is 2. The molecule has 3 nitrogen and oxygen atoms in total. The number of hydrogen-bond donors (Lipinski definition) is 1. The Balaban J connectivity index is 2.30. The van der Waals surface area contributed by atoms with Gasteiger partial charge in [-0.15, -0.1) is 0 Å². The van der Waals surface area contributed by atoms with Crippen LogP contribution in [0, 0.1) is 6.92 Å². The van der Waals surface area contributed by atoms with Crippen LogP contribution in [0.4, 0.5) is 5.82 Å². The molecule has 0 amide bonds. The highest BCUT2D eigenvalue weighted by atomic mass is 35.5. The molecule has 5 heteroatoms. The summed E-state index contributed by atoms with van der Waals surface area (Å²) in [6.07, 6.45) is 0. The molecule has 2 aromatic carbocycles. The monoisotopic (exact) mass is 317 g/mol. The minimum atomic E-state index is 0.633. The van der Waals surface area contributed by atoms with E-state index < -0.39 is 0 Å². The second-order valence-electron chi connectivity index (χ2n) is 4.77. The van der Waals surface area contributed by atoms with Crippen LogP contribution < -0.4 is 5.32 Å². The first kappa shape index (κ1) is 14.1. The molecule has 0 unspecified atom stereocenters. The van der Waals surface area contributed by atoms with Gasteiger partial charge in [0, 0.05) is 28.0 Å². The average Bonchev–Trinajstić information content (AvgIpc) is 2.48. The Morgan fingerprint density at radius 1 is 0.952 bits per heavy atom. The fourth-order valence-electron chi connectivity index (χ4n) is 2.25. The highest BCUT2D eigenvalue weighted by molar-refractivity contribution is 6.31. The van der Waals surface area contributed by atoms with Crippen LogP contribution in [0.2, 0.25) is 10.0 Å². The largest absolute Gasteiger partial charge is 0.373 e. The molecule has 0 aliphatic carbocycles. The Labute approximate surface area is 132 Å². The van der Waals surface area contributed by atoms with Crippen molar-refractivity contribution < 1.29 is 0 Å². The molecule has 0 atom stereocenters. The van der Waals surface area contributed by atoms with Crippen LogP contribution >= 0.6 is 23.2 Å². The molecule has 1 heterocycles. The summed E-state index contributed by atoms with van der Waals surface area (Å²) in [7, 11) is 1.84. The van der Waals surface area contributed by atoms with Gasteiger partial charge in [0.1, 0.15) is 5.82 Å². The van der Waals surface area contributed by atoms with Gasteiger partial charge in [-0.1, -0.05) is 29.3 Å². The van der Waals surface area contributed by atoms with Crippen molar-refractivity contribution >= 4 is 39.9 Å². The smallest absolute Gasteiger partial charge is 0.162 e. The molecule has 1 N–H and O–H groups in total. The van der Waals surface area contributed by atoms with E-state index in [2.05, 4.69) is 15.3 Å². The number of benzene rings is 2. The van der Waals surface area contributed by atoms with E-state index in [0.717, 1.165) is 27.8 Å². The quantitative estimate of drug-likeness (QED) is 0.726. The van der Waals surface area contributed by atoms with E-state index in [1.54, 1.807) is 0 Å². The van der Waals surface area contributed by atoms with Crippen molar-refractivity contribution in [3.05, 3.63) is 52.0 Å². The molecule has 0 spiro atoms. The predicted molar refractivity (Wildman–Crippen MR) is 89.3 cm³/mol. The summed E-state index contributed by atoms with van der Waals surface area (Å²) in [5.74, 6) is 1.40. The van der Waals surface area contributed by atoms with E-state index in [0.29, 0.717) is 15.9 Å². The number of nitrogens with one attached hydrogen (secondary N) is 1. The van der Waals surface area contributed by atoms with Crippen molar-refractivity contribution in [3.63, 3.8) is 0 Å². The van der Waals surface area contributed by atoms with Crippen molar-refractivity contribution in [2.45, 2.75) is 6.92 Å². The van der Waals surface area contributed by atoms with Gasteiger partial charge < -0.3 is 5.32 Å². The Morgan fingerprint density at radius 3 is 2.43 bits per heavy atom. The summed E-state index contributed by atoms with van der Waals surface area (Å²) in [6, 6.07) is 11.3. The first-order valence-corrected chi connectivity index (χ1v) is 7.25. The lowest BCUT2D eigenvalue weighted by molar-refractivity contribution is 1.20. The third-order valence-electron chi connectivity index (χ3n) is 3.34. The Morgan fingerprint density at radius 2 is 1.67 bits per heavy atom. The third kappa shape index (κ3) is 2.67. The van der Waals surface area contributed by atoms with Gasteiger partial charge in [0.15, 0.2) is 5.82 Å². The van der Waals surface area contributed by atoms with Crippen LogP contribution in [0.1, 0.15) is 5.56 Å². The molecule has 3 rings (SSSR count). The fourth-order valence-corrected chi connectivity index (χ4v) is 2.59. The molecule has 0 saturated heterocycles. The van der Waals surface area contributed by atoms with Crippen molar-refractivity contribution in [2.24, 2.45) is 0 Å². The third-order valence-corrected chi connectivity index (χ3v) is 3.81. The zero-order chi connectivity index (χ0) is 15.0. The number of rotatable bonds is 2. The zero-order valence-corrected chi connectivity index (χ0v) is 13.1. The Kier molecular flexibility index (Phi) is 3.70. The first-order chi connectivity index (χ1) is 10.1. The van der Waals surface area contributed by atoms with Gasteiger partial charge in [-0.25, -0.2) is 9.97 Å². The average molecular weight is 318 g/mol. The maximum atomic E-state index is 6.09. The van der Waals surface area contributed by atoms with Crippen LogP contribution in [0.25, 0.3) is 22.3 Å². The summed E-state index contributed by atoms with van der Waals surface area (Å²) in [5.41, 5.74) is 2.79. The minimum absolute atomic E-state index is 0.633. The second kappa shape index (κ2) is 5.51. The van der Waals surface area contributed by atoms with Gasteiger partial charge in [0.05, 0.1) is 5.52 Å². The Bertz CT molecular complexity index is 831. The number of aryl methyl sites for hydroxylation is 1. The van der Waals surface area contributed by atoms with Gasteiger partial charge in [0.25, 0.3) is 0 Å². The molecular formula is C16H13Cl2N3. The standard InChI is InChI=1S/C16H13Cl2N3/c1-9-3-4-10(17)7-13(9)16-20-14-8-11(18)5-6-12(14)15(19-2)21-16/h3-8H,1-2H3,(H,19,20,21). The molecule has 0 aliphatic rings. The normalized spacial score (nSPS) is 10.9. The molecular weight excluding hydrogens is 305 g/mol. The number of fused-ring (bicyclic) bond motifs is 1. The Hall–Kier alpha value is -1.84. The summed E-state index contributed by atoms with van der Waals surface area (Å²) < 4.78 is 0. The lowest BCUT2D eigenvalue weighted by Gasteiger charge is -2.10. The molecule has 0 bridgehead atoms. The summed E-state index contributed by atoms with van der Waals surface area (Å²) >= 11 is 12.2. The number of halogens is 2. The number of hydrogen-bond acceptors (Lipinski definition) is 3. The summed E-state index contributed by atoms with van der Waals surface area (Å²) in [5, 5.41) is 5.36. The van der Waals surface area contributed by atoms with Gasteiger partial charge in [-0.2, -0.15) is 0 Å². The van der Waals surface area contributed by atoms with Crippen molar-refractivity contribution in [1.82, 2.24) is 9.97 Å². The van der Waals surface area contributed by atoms with Crippen LogP contribution in [-0.2, 0) is 0 Å². The maximum Gasteiger partial charge on any atom is 0.162 e. The molecule has 106 valence electrons. The first-order valence-electron chi connectivity index (χ1n) is 6.50. The molecule has 0 fully saturated rings. The SMILES string of the molecule is CNc1nc(-c2cc(Cl)ccc2C)nc2cc(Cl)ccc12. The van der Waals surface area contributed by atoms with Crippen molar-refractivity contribution in [1.29, 1.82) is 0 Å². The van der Waals surface area contributed by atoms with Crippen molar-refractivity contribution in [2.75, 3.05) is 12.4 Å². The lowest BCUT2D eigenvalue weighted by atomic mass is 10.1. The topological polar surface area (TPSA) is 37.8 Å².